The van der Waals surface area contributed by atoms with Gasteiger partial charge in [-0.1, -0.05) is 44.2 Å². The third-order valence-corrected chi connectivity index (χ3v) is 4.67. The Morgan fingerprint density at radius 2 is 2.09 bits per heavy atom. The average Bonchev–Trinajstić information content (AvgIpc) is 2.83. The second-order valence-electron chi connectivity index (χ2n) is 7.71. The number of hydrogen-bond acceptors (Lipinski definition) is 3. The summed E-state index contributed by atoms with van der Waals surface area (Å²) in [6, 6.07) is 10.6. The van der Waals surface area contributed by atoms with Crippen LogP contribution in [0.15, 0.2) is 30.3 Å². The zero-order chi connectivity index (χ0) is 16.9. The Hall–Kier alpha value is -1.39. The molecule has 0 aliphatic carbocycles. The zero-order valence-electron chi connectivity index (χ0n) is 14.6. The maximum Gasteiger partial charge on any atom is 0.221 e. The normalized spacial score (nSPS) is 22.5. The molecule has 1 aliphatic heterocycles. The second kappa shape index (κ2) is 7.93. The molecule has 1 heterocycles. The Morgan fingerprint density at radius 3 is 2.65 bits per heavy atom. The standard InChI is InChI=1S/C19H31N3O/c1-14(20)17(10-9-15-7-5-4-6-8-15)22-18(23)11-16-12-19(2,3)13-21-16/h4-8,14,16-17,21H,9-13,20H2,1-3H3,(H,22,23). The summed E-state index contributed by atoms with van der Waals surface area (Å²) in [5, 5.41) is 6.58. The molecule has 128 valence electrons. The summed E-state index contributed by atoms with van der Waals surface area (Å²) in [5.74, 6) is 0.107. The first kappa shape index (κ1) is 18.0. The molecule has 0 spiro atoms. The summed E-state index contributed by atoms with van der Waals surface area (Å²) in [7, 11) is 0. The van der Waals surface area contributed by atoms with E-state index in [0.29, 0.717) is 11.8 Å². The van der Waals surface area contributed by atoms with Crippen molar-refractivity contribution in [3.63, 3.8) is 0 Å². The quantitative estimate of drug-likeness (QED) is 0.722. The van der Waals surface area contributed by atoms with Crippen LogP contribution < -0.4 is 16.4 Å². The Balaban J connectivity index is 1.80. The Bertz CT molecular complexity index is 499. The van der Waals surface area contributed by atoms with Crippen molar-refractivity contribution in [3.05, 3.63) is 35.9 Å². The van der Waals surface area contributed by atoms with E-state index in [4.69, 9.17) is 5.73 Å². The van der Waals surface area contributed by atoms with Gasteiger partial charge in [-0.2, -0.15) is 0 Å². The molecular formula is C19H31N3O. The fraction of sp³-hybridized carbons (Fsp3) is 0.632. The number of amides is 1. The van der Waals surface area contributed by atoms with E-state index < -0.39 is 0 Å². The Labute approximate surface area is 140 Å². The average molecular weight is 317 g/mol. The van der Waals surface area contributed by atoms with Crippen molar-refractivity contribution in [2.75, 3.05) is 6.54 Å². The van der Waals surface area contributed by atoms with Crippen LogP contribution in [-0.2, 0) is 11.2 Å². The van der Waals surface area contributed by atoms with Crippen molar-refractivity contribution in [1.82, 2.24) is 10.6 Å². The lowest BCUT2D eigenvalue weighted by atomic mass is 9.90. The van der Waals surface area contributed by atoms with Gasteiger partial charge in [0.15, 0.2) is 0 Å². The van der Waals surface area contributed by atoms with Crippen LogP contribution >= 0.6 is 0 Å². The van der Waals surface area contributed by atoms with Crippen molar-refractivity contribution in [2.24, 2.45) is 11.1 Å². The first-order chi connectivity index (χ1) is 10.9. The van der Waals surface area contributed by atoms with Crippen LogP contribution in [0.4, 0.5) is 0 Å². The third kappa shape index (κ3) is 5.96. The van der Waals surface area contributed by atoms with E-state index in [1.165, 1.54) is 5.56 Å². The highest BCUT2D eigenvalue weighted by Crippen LogP contribution is 2.28. The molecule has 1 amide bonds. The van der Waals surface area contributed by atoms with Crippen LogP contribution in [0, 0.1) is 5.41 Å². The van der Waals surface area contributed by atoms with Gasteiger partial charge in [-0.25, -0.2) is 0 Å². The van der Waals surface area contributed by atoms with Crippen LogP contribution in [0.5, 0.6) is 0 Å². The molecule has 0 radical (unpaired) electrons. The van der Waals surface area contributed by atoms with Gasteiger partial charge in [0.2, 0.25) is 5.91 Å². The van der Waals surface area contributed by atoms with Crippen molar-refractivity contribution < 1.29 is 4.79 Å². The van der Waals surface area contributed by atoms with E-state index in [9.17, 15) is 4.79 Å². The van der Waals surface area contributed by atoms with Gasteiger partial charge in [-0.15, -0.1) is 0 Å². The molecule has 3 unspecified atom stereocenters. The van der Waals surface area contributed by atoms with Crippen molar-refractivity contribution >= 4 is 5.91 Å². The summed E-state index contributed by atoms with van der Waals surface area (Å²) < 4.78 is 0. The monoisotopic (exact) mass is 317 g/mol. The molecule has 4 nitrogen and oxygen atoms in total. The molecule has 0 aromatic heterocycles. The smallest absolute Gasteiger partial charge is 0.221 e. The molecule has 1 saturated heterocycles. The fourth-order valence-corrected chi connectivity index (χ4v) is 3.30. The Morgan fingerprint density at radius 1 is 1.39 bits per heavy atom. The summed E-state index contributed by atoms with van der Waals surface area (Å²) >= 11 is 0. The van der Waals surface area contributed by atoms with Gasteiger partial charge in [-0.3, -0.25) is 4.79 Å². The van der Waals surface area contributed by atoms with E-state index in [-0.39, 0.29) is 24.0 Å². The maximum atomic E-state index is 12.3. The molecular weight excluding hydrogens is 286 g/mol. The topological polar surface area (TPSA) is 67.1 Å². The molecule has 1 aliphatic rings. The van der Waals surface area contributed by atoms with Crippen LogP contribution in [0.2, 0.25) is 0 Å². The molecule has 1 aromatic carbocycles. The van der Waals surface area contributed by atoms with Crippen molar-refractivity contribution in [2.45, 2.75) is 64.6 Å². The molecule has 4 N–H and O–H groups in total. The van der Waals surface area contributed by atoms with E-state index in [0.717, 1.165) is 25.8 Å². The lowest BCUT2D eigenvalue weighted by Gasteiger charge is -2.23. The molecule has 1 fully saturated rings. The Kier molecular flexibility index (Phi) is 6.19. The first-order valence-electron chi connectivity index (χ1n) is 8.68. The number of nitrogens with two attached hydrogens (primary N) is 1. The highest BCUT2D eigenvalue weighted by Gasteiger charge is 2.32. The van der Waals surface area contributed by atoms with Crippen LogP contribution in [0.25, 0.3) is 0 Å². The predicted molar refractivity (Wildman–Crippen MR) is 95.1 cm³/mol. The van der Waals surface area contributed by atoms with Gasteiger partial charge >= 0.3 is 0 Å². The molecule has 4 heteroatoms. The predicted octanol–water partition coefficient (Wildman–Crippen LogP) is 2.23. The van der Waals surface area contributed by atoms with Crippen molar-refractivity contribution in [1.29, 1.82) is 0 Å². The summed E-state index contributed by atoms with van der Waals surface area (Å²) in [6.45, 7) is 7.42. The number of hydrogen-bond donors (Lipinski definition) is 3. The molecule has 1 aromatic rings. The second-order valence-corrected chi connectivity index (χ2v) is 7.71. The first-order valence-corrected chi connectivity index (χ1v) is 8.68. The fourth-order valence-electron chi connectivity index (χ4n) is 3.30. The number of nitrogens with one attached hydrogen (secondary N) is 2. The van der Waals surface area contributed by atoms with E-state index >= 15 is 0 Å². The number of aryl methyl sites for hydroxylation is 1. The summed E-state index contributed by atoms with van der Waals surface area (Å²) in [5.41, 5.74) is 7.64. The highest BCUT2D eigenvalue weighted by atomic mass is 16.1. The number of rotatable bonds is 7. The number of carbonyl (C=O) groups excluding carboxylic acids is 1. The minimum Gasteiger partial charge on any atom is -0.352 e. The van der Waals surface area contributed by atoms with Gasteiger partial charge < -0.3 is 16.4 Å². The van der Waals surface area contributed by atoms with E-state index in [1.54, 1.807) is 0 Å². The SMILES string of the molecule is CC(N)C(CCc1ccccc1)NC(=O)CC1CC(C)(C)CN1. The van der Waals surface area contributed by atoms with Gasteiger partial charge in [0, 0.05) is 31.1 Å². The van der Waals surface area contributed by atoms with Crippen LogP contribution in [0.1, 0.15) is 45.6 Å². The maximum absolute atomic E-state index is 12.3. The zero-order valence-corrected chi connectivity index (χ0v) is 14.6. The van der Waals surface area contributed by atoms with E-state index in [1.807, 2.05) is 25.1 Å². The van der Waals surface area contributed by atoms with Gasteiger partial charge in [-0.05, 0) is 37.2 Å². The third-order valence-electron chi connectivity index (χ3n) is 4.67. The summed E-state index contributed by atoms with van der Waals surface area (Å²) in [4.78, 5) is 12.3. The van der Waals surface area contributed by atoms with E-state index in [2.05, 4.69) is 36.6 Å². The minimum atomic E-state index is -0.0457. The van der Waals surface area contributed by atoms with Gasteiger partial charge in [0.05, 0.1) is 0 Å². The largest absolute Gasteiger partial charge is 0.352 e. The molecule has 2 rings (SSSR count). The van der Waals surface area contributed by atoms with Gasteiger partial charge in [0.25, 0.3) is 0 Å². The minimum absolute atomic E-state index is 0.0251. The highest BCUT2D eigenvalue weighted by molar-refractivity contribution is 5.77. The van der Waals surface area contributed by atoms with Gasteiger partial charge in [0.1, 0.15) is 0 Å². The molecule has 0 bridgehead atoms. The number of carbonyl (C=O) groups is 1. The molecule has 0 saturated carbocycles. The number of benzene rings is 1. The van der Waals surface area contributed by atoms with Crippen LogP contribution in [-0.4, -0.2) is 30.6 Å². The van der Waals surface area contributed by atoms with Crippen molar-refractivity contribution in [3.8, 4) is 0 Å². The lowest BCUT2D eigenvalue weighted by molar-refractivity contribution is -0.122. The summed E-state index contributed by atoms with van der Waals surface area (Å²) in [6.07, 6.45) is 3.39. The lowest BCUT2D eigenvalue weighted by Crippen LogP contribution is -2.47. The molecule has 3 atom stereocenters. The van der Waals surface area contributed by atoms with Crippen LogP contribution in [0.3, 0.4) is 0 Å². The molecule has 23 heavy (non-hydrogen) atoms.